The van der Waals surface area contributed by atoms with E-state index in [-0.39, 0.29) is 16.2 Å². The van der Waals surface area contributed by atoms with E-state index in [9.17, 15) is 0 Å². The van der Waals surface area contributed by atoms with Gasteiger partial charge in [0.25, 0.3) is 0 Å². The summed E-state index contributed by atoms with van der Waals surface area (Å²) in [6.45, 7) is 30.9. The number of hydrogen-bond donors (Lipinski definition) is 0. The van der Waals surface area contributed by atoms with Gasteiger partial charge in [-0.2, -0.15) is 4.57 Å². The summed E-state index contributed by atoms with van der Waals surface area (Å²) in [5.74, 6) is 0. The van der Waals surface area contributed by atoms with E-state index in [4.69, 9.17) is 15.0 Å². The molecule has 0 spiro atoms. The average Bonchev–Trinajstić information content (AvgIpc) is 3.79. The molecule has 372 valence electrons. The lowest BCUT2D eigenvalue weighted by Crippen LogP contribution is -2.34. The maximum atomic E-state index is 4.88. The van der Waals surface area contributed by atoms with Gasteiger partial charge in [-0.15, -0.1) is 0 Å². The smallest absolute Gasteiger partial charge is 0.212 e. The molecular formula is C68H73N6+3. The number of nitrogens with zero attached hydrogens (tertiary/aromatic N) is 6. The summed E-state index contributed by atoms with van der Waals surface area (Å²) in [5.41, 5.74) is 32.8. The van der Waals surface area contributed by atoms with Crippen LogP contribution in [0.3, 0.4) is 0 Å². The first-order chi connectivity index (χ1) is 35.0. The van der Waals surface area contributed by atoms with Gasteiger partial charge in [0.2, 0.25) is 17.1 Å². The molecule has 6 nitrogen and oxygen atoms in total. The molecule has 3 aliphatic rings. The van der Waals surface area contributed by atoms with Crippen LogP contribution in [-0.2, 0) is 37.4 Å². The number of hydrogen-bond acceptors (Lipinski definition) is 3. The zero-order valence-electron chi connectivity index (χ0n) is 46.9. The third-order valence-electron chi connectivity index (χ3n) is 16.5. The first kappa shape index (κ1) is 50.1. The summed E-state index contributed by atoms with van der Waals surface area (Å²) in [4.78, 5) is 14.6. The summed E-state index contributed by atoms with van der Waals surface area (Å²) < 4.78 is 6.68. The molecule has 6 heterocycles. The van der Waals surface area contributed by atoms with Crippen LogP contribution in [0.5, 0.6) is 0 Å². The van der Waals surface area contributed by atoms with Gasteiger partial charge >= 0.3 is 0 Å². The van der Waals surface area contributed by atoms with Crippen molar-refractivity contribution in [3.63, 3.8) is 0 Å². The standard InChI is InChI=1S/2C23H25N2.C22H23N2/c1-14-7-10-21(25(6)13-14)18-12-20-19(11-15(18)2)17-9-8-16(3)24-22(17)23(20,4)5;1-14-12-19-17-11-10-15(2)24-22(17)23(4,5)20(19)13-18(14)21-9-7-8-16(3)25(21)6;1-14-12-18-16-10-9-15(2)23-21(16)22(3,4)19(18)13-17(14)20-8-6-7-11-24(20)5/h2*7-13H,1-6H3;6-13H,1-5H3/q3*+1. The highest BCUT2D eigenvalue weighted by Crippen LogP contribution is 2.52. The Kier molecular flexibility index (Phi) is 12.3. The number of aromatic nitrogens is 6. The molecule has 0 aliphatic heterocycles. The van der Waals surface area contributed by atoms with Crippen LogP contribution in [0.1, 0.15) is 120 Å². The van der Waals surface area contributed by atoms with Crippen LogP contribution in [0.25, 0.3) is 67.2 Å². The minimum absolute atomic E-state index is 0.0630. The highest BCUT2D eigenvalue weighted by Gasteiger charge is 2.41. The van der Waals surface area contributed by atoms with Gasteiger partial charge in [0.15, 0.2) is 18.1 Å². The highest BCUT2D eigenvalue weighted by atomic mass is 14.9. The Morgan fingerprint density at radius 1 is 0.351 bits per heavy atom. The van der Waals surface area contributed by atoms with Crippen molar-refractivity contribution in [2.45, 2.75) is 113 Å². The third-order valence-corrected chi connectivity index (χ3v) is 16.5. The fourth-order valence-corrected chi connectivity index (χ4v) is 12.1. The SMILES string of the molecule is Cc1ccc(-c2cc3c(cc2C)-c2ccc(C)nc2C3(C)C)[n+](C)c1.Cc1ccc2c(n1)C(C)(C)c1cc(-c3cccc(C)[n+]3C)c(C)cc1-2.Cc1ccc2c(n1)C(C)(C)c1cc(-c3cccc[n+]3C)c(C)cc1-2. The lowest BCUT2D eigenvalue weighted by atomic mass is 9.83. The second-order valence-electron chi connectivity index (χ2n) is 23.1. The molecule has 6 heteroatoms. The molecule has 0 atom stereocenters. The fourth-order valence-electron chi connectivity index (χ4n) is 12.1. The quantitative estimate of drug-likeness (QED) is 0.166. The molecule has 3 aliphatic carbocycles. The van der Waals surface area contributed by atoms with Crippen molar-refractivity contribution in [3.05, 3.63) is 213 Å². The van der Waals surface area contributed by atoms with Crippen LogP contribution in [0.4, 0.5) is 0 Å². The van der Waals surface area contributed by atoms with Gasteiger partial charge in [-0.3, -0.25) is 15.0 Å². The number of rotatable bonds is 3. The maximum absolute atomic E-state index is 4.88. The molecule has 0 saturated heterocycles. The Labute approximate surface area is 440 Å². The van der Waals surface area contributed by atoms with Crippen molar-refractivity contribution in [1.29, 1.82) is 0 Å². The van der Waals surface area contributed by atoms with E-state index in [0.717, 1.165) is 17.1 Å². The fraction of sp³-hybridized carbons (Fsp3) is 0.294. The maximum Gasteiger partial charge on any atom is 0.212 e. The normalized spacial score (nSPS) is 14.3. The van der Waals surface area contributed by atoms with Gasteiger partial charge in [-0.05, 0) is 153 Å². The average molecular weight is 974 g/mol. The van der Waals surface area contributed by atoms with Gasteiger partial charge < -0.3 is 0 Å². The molecule has 3 aromatic carbocycles. The van der Waals surface area contributed by atoms with E-state index in [1.54, 1.807) is 0 Å². The Hall–Kier alpha value is -7.44. The Morgan fingerprint density at radius 2 is 0.743 bits per heavy atom. The zero-order valence-corrected chi connectivity index (χ0v) is 46.9. The molecule has 0 fully saturated rings. The lowest BCUT2D eigenvalue weighted by molar-refractivity contribution is -0.666. The Bertz CT molecular complexity index is 3780. The summed E-state index contributed by atoms with van der Waals surface area (Å²) in [6.07, 6.45) is 4.29. The first-order valence-electron chi connectivity index (χ1n) is 26.3. The summed E-state index contributed by atoms with van der Waals surface area (Å²) >= 11 is 0. The minimum Gasteiger partial charge on any atom is -0.257 e. The van der Waals surface area contributed by atoms with E-state index in [0.29, 0.717) is 0 Å². The molecule has 0 radical (unpaired) electrons. The second kappa shape index (κ2) is 18.2. The van der Waals surface area contributed by atoms with Crippen LogP contribution in [0.2, 0.25) is 0 Å². The second-order valence-corrected chi connectivity index (χ2v) is 23.1. The molecule has 0 unspecified atom stereocenters. The number of fused-ring (bicyclic) bond motifs is 9. The van der Waals surface area contributed by atoms with Gasteiger partial charge in [0.05, 0.1) is 17.1 Å². The van der Waals surface area contributed by atoms with Crippen LogP contribution in [-0.4, -0.2) is 15.0 Å². The van der Waals surface area contributed by atoms with E-state index in [1.165, 1.54) is 129 Å². The van der Waals surface area contributed by atoms with Crippen LogP contribution < -0.4 is 13.7 Å². The van der Waals surface area contributed by atoms with Crippen molar-refractivity contribution in [3.8, 4) is 67.2 Å². The van der Waals surface area contributed by atoms with Gasteiger partial charge in [0, 0.05) is 110 Å². The van der Waals surface area contributed by atoms with Crippen molar-refractivity contribution < 1.29 is 13.7 Å². The molecule has 9 aromatic rings. The third kappa shape index (κ3) is 8.27. The van der Waals surface area contributed by atoms with Gasteiger partial charge in [-0.1, -0.05) is 77.9 Å². The predicted octanol–water partition coefficient (Wildman–Crippen LogP) is 14.1. The Morgan fingerprint density at radius 3 is 1.15 bits per heavy atom. The molecule has 0 bridgehead atoms. The van der Waals surface area contributed by atoms with E-state index in [1.807, 2.05) is 0 Å². The summed E-state index contributed by atoms with van der Waals surface area (Å²) in [5, 5.41) is 0. The van der Waals surface area contributed by atoms with Gasteiger partial charge in [-0.25, -0.2) is 9.13 Å². The molecule has 74 heavy (non-hydrogen) atoms. The highest BCUT2D eigenvalue weighted by molar-refractivity contribution is 5.86. The number of benzene rings is 3. The van der Waals surface area contributed by atoms with Crippen LogP contribution >= 0.6 is 0 Å². The van der Waals surface area contributed by atoms with Crippen molar-refractivity contribution >= 4 is 0 Å². The van der Waals surface area contributed by atoms with Crippen molar-refractivity contribution in [1.82, 2.24) is 15.0 Å². The number of aryl methyl sites for hydroxylation is 10. The van der Waals surface area contributed by atoms with Crippen molar-refractivity contribution in [2.24, 2.45) is 21.1 Å². The molecule has 0 saturated carbocycles. The topological polar surface area (TPSA) is 50.3 Å². The van der Waals surface area contributed by atoms with E-state index >= 15 is 0 Å². The van der Waals surface area contributed by atoms with Crippen LogP contribution in [0.15, 0.2) is 134 Å². The first-order valence-corrected chi connectivity index (χ1v) is 26.3. The summed E-state index contributed by atoms with van der Waals surface area (Å²) in [7, 11) is 6.37. The zero-order chi connectivity index (χ0) is 52.9. The monoisotopic (exact) mass is 974 g/mol. The molecule has 0 N–H and O–H groups in total. The summed E-state index contributed by atoms with van der Waals surface area (Å²) in [6, 6.07) is 44.5. The van der Waals surface area contributed by atoms with E-state index in [2.05, 4.69) is 265 Å². The molecular weight excluding hydrogens is 901 g/mol. The molecule has 0 amide bonds. The molecule has 6 aromatic heterocycles. The van der Waals surface area contributed by atoms with Crippen LogP contribution in [0, 0.1) is 55.4 Å². The number of pyridine rings is 6. The minimum atomic E-state index is -0.0679. The predicted molar refractivity (Wildman–Crippen MR) is 303 cm³/mol. The van der Waals surface area contributed by atoms with E-state index < -0.39 is 0 Å². The van der Waals surface area contributed by atoms with Crippen molar-refractivity contribution in [2.75, 3.05) is 0 Å². The largest absolute Gasteiger partial charge is 0.257 e. The Balaban J connectivity index is 0.000000127. The lowest BCUT2D eigenvalue weighted by Gasteiger charge is -2.21. The van der Waals surface area contributed by atoms with Gasteiger partial charge in [0.1, 0.15) is 21.1 Å². The molecule has 12 rings (SSSR count).